The minimum atomic E-state index is 0.0163. The molecule has 1 saturated heterocycles. The highest BCUT2D eigenvalue weighted by Gasteiger charge is 2.19. The molecule has 0 bridgehead atoms. The van der Waals surface area contributed by atoms with Crippen molar-refractivity contribution in [2.45, 2.75) is 26.4 Å². The maximum absolute atomic E-state index is 12.5. The Bertz CT molecular complexity index is 942. The lowest BCUT2D eigenvalue weighted by Gasteiger charge is -2.35. The van der Waals surface area contributed by atoms with Crippen molar-refractivity contribution in [3.05, 3.63) is 46.8 Å². The summed E-state index contributed by atoms with van der Waals surface area (Å²) in [4.78, 5) is 21.7. The molecule has 8 nitrogen and oxygen atoms in total. The number of hydrogen-bond acceptors (Lipinski definition) is 7. The molecule has 1 aliphatic heterocycles. The average Bonchev–Trinajstić information content (AvgIpc) is 3.15. The van der Waals surface area contributed by atoms with E-state index in [-0.39, 0.29) is 11.6 Å². The number of aromatic nitrogens is 4. The van der Waals surface area contributed by atoms with Gasteiger partial charge in [-0.1, -0.05) is 10.3 Å². The highest BCUT2D eigenvalue weighted by atomic mass is 16.6. The topological polar surface area (TPSA) is 80.3 Å². The van der Waals surface area contributed by atoms with Crippen LogP contribution in [0.5, 0.6) is 0 Å². The molecule has 0 radical (unpaired) electrons. The maximum Gasteiger partial charge on any atom is 0.261 e. The SMILES string of the molecule is CC(C)n1cnc2cc(N3CCN(Cc4cnon4)CC3)ccc2c1=O. The van der Waals surface area contributed by atoms with Crippen molar-refractivity contribution in [1.82, 2.24) is 24.8 Å². The third-order valence-electron chi connectivity index (χ3n) is 4.85. The largest absolute Gasteiger partial charge is 0.369 e. The molecule has 4 rings (SSSR count). The lowest BCUT2D eigenvalue weighted by atomic mass is 10.2. The van der Waals surface area contributed by atoms with Gasteiger partial charge in [-0.05, 0) is 32.0 Å². The second-order valence-electron chi connectivity index (χ2n) is 6.91. The van der Waals surface area contributed by atoms with Crippen LogP contribution in [0.15, 0.2) is 40.1 Å². The third kappa shape index (κ3) is 3.20. The van der Waals surface area contributed by atoms with E-state index in [2.05, 4.69) is 29.7 Å². The molecule has 0 saturated carbocycles. The zero-order valence-electron chi connectivity index (χ0n) is 15.0. The van der Waals surface area contributed by atoms with Crippen molar-refractivity contribution < 1.29 is 4.63 Å². The van der Waals surface area contributed by atoms with Crippen molar-refractivity contribution in [3.63, 3.8) is 0 Å². The van der Waals surface area contributed by atoms with Gasteiger partial charge in [-0.3, -0.25) is 14.3 Å². The summed E-state index contributed by atoms with van der Waals surface area (Å²) in [6.07, 6.45) is 3.30. The first-order valence-corrected chi connectivity index (χ1v) is 8.86. The monoisotopic (exact) mass is 354 g/mol. The first kappa shape index (κ1) is 16.7. The summed E-state index contributed by atoms with van der Waals surface area (Å²) in [6, 6.07) is 6.03. The zero-order chi connectivity index (χ0) is 18.1. The van der Waals surface area contributed by atoms with Crippen molar-refractivity contribution in [2.75, 3.05) is 31.1 Å². The first-order chi connectivity index (χ1) is 12.6. The smallest absolute Gasteiger partial charge is 0.261 e. The normalized spacial score (nSPS) is 15.9. The predicted molar refractivity (Wildman–Crippen MR) is 98.2 cm³/mol. The van der Waals surface area contributed by atoms with Crippen LogP contribution in [-0.2, 0) is 6.54 Å². The standard InChI is InChI=1S/C18H22N6O2/c1-13(2)24-12-19-17-9-15(3-4-16(17)18(24)25)23-7-5-22(6-8-23)11-14-10-20-26-21-14/h3-4,9-10,12-13H,5-8,11H2,1-2H3. The molecule has 3 aromatic rings. The molecule has 8 heteroatoms. The lowest BCUT2D eigenvalue weighted by Crippen LogP contribution is -2.46. The first-order valence-electron chi connectivity index (χ1n) is 8.86. The second kappa shape index (κ2) is 6.87. The van der Waals surface area contributed by atoms with E-state index < -0.39 is 0 Å². The Morgan fingerprint density at radius 3 is 2.69 bits per heavy atom. The number of rotatable bonds is 4. The number of hydrogen-bond donors (Lipinski definition) is 0. The number of anilines is 1. The van der Waals surface area contributed by atoms with E-state index in [4.69, 9.17) is 0 Å². The van der Waals surface area contributed by atoms with Gasteiger partial charge in [0, 0.05) is 44.5 Å². The van der Waals surface area contributed by atoms with Crippen molar-refractivity contribution in [3.8, 4) is 0 Å². The van der Waals surface area contributed by atoms with Gasteiger partial charge in [0.05, 0.1) is 23.4 Å². The summed E-state index contributed by atoms with van der Waals surface area (Å²) in [5, 5.41) is 8.18. The van der Waals surface area contributed by atoms with E-state index >= 15 is 0 Å². The molecule has 1 fully saturated rings. The molecule has 1 aliphatic rings. The maximum atomic E-state index is 12.5. The van der Waals surface area contributed by atoms with Crippen LogP contribution >= 0.6 is 0 Å². The van der Waals surface area contributed by atoms with E-state index in [1.165, 1.54) is 0 Å². The van der Waals surface area contributed by atoms with E-state index in [0.29, 0.717) is 5.39 Å². The minimum absolute atomic E-state index is 0.0163. The highest BCUT2D eigenvalue weighted by molar-refractivity contribution is 5.81. The summed E-state index contributed by atoms with van der Waals surface area (Å²) in [5.74, 6) is 0. The molecule has 0 unspecified atom stereocenters. The summed E-state index contributed by atoms with van der Waals surface area (Å²) in [7, 11) is 0. The van der Waals surface area contributed by atoms with Crippen LogP contribution in [0.3, 0.4) is 0 Å². The number of fused-ring (bicyclic) bond motifs is 1. The minimum Gasteiger partial charge on any atom is -0.369 e. The van der Waals surface area contributed by atoms with Gasteiger partial charge in [0.2, 0.25) is 0 Å². The fourth-order valence-electron chi connectivity index (χ4n) is 3.34. The van der Waals surface area contributed by atoms with Crippen molar-refractivity contribution in [1.29, 1.82) is 0 Å². The van der Waals surface area contributed by atoms with Gasteiger partial charge in [-0.15, -0.1) is 0 Å². The van der Waals surface area contributed by atoms with Gasteiger partial charge in [0.25, 0.3) is 5.56 Å². The van der Waals surface area contributed by atoms with Gasteiger partial charge >= 0.3 is 0 Å². The Morgan fingerprint density at radius 1 is 1.19 bits per heavy atom. The van der Waals surface area contributed by atoms with Gasteiger partial charge in [-0.2, -0.15) is 0 Å². The zero-order valence-corrected chi connectivity index (χ0v) is 15.0. The molecular formula is C18H22N6O2. The van der Waals surface area contributed by atoms with E-state index in [1.54, 1.807) is 17.1 Å². The second-order valence-corrected chi connectivity index (χ2v) is 6.91. The molecule has 0 spiro atoms. The molecule has 0 N–H and O–H groups in total. The number of piperazine rings is 1. The van der Waals surface area contributed by atoms with Crippen LogP contribution < -0.4 is 10.5 Å². The molecule has 0 aliphatic carbocycles. The Hall–Kier alpha value is -2.74. The van der Waals surface area contributed by atoms with E-state index in [9.17, 15) is 4.79 Å². The summed E-state index contributed by atoms with van der Waals surface area (Å²) in [6.45, 7) is 8.43. The molecule has 136 valence electrons. The molecule has 0 atom stereocenters. The molecule has 26 heavy (non-hydrogen) atoms. The van der Waals surface area contributed by atoms with Crippen molar-refractivity contribution in [2.24, 2.45) is 0 Å². The van der Waals surface area contributed by atoms with Crippen LogP contribution in [0.2, 0.25) is 0 Å². The number of nitrogens with zero attached hydrogens (tertiary/aromatic N) is 6. The van der Waals surface area contributed by atoms with Crippen LogP contribution in [0.25, 0.3) is 10.9 Å². The Morgan fingerprint density at radius 2 is 2.00 bits per heavy atom. The molecule has 1 aromatic carbocycles. The lowest BCUT2D eigenvalue weighted by molar-refractivity contribution is 0.237. The fourth-order valence-corrected chi connectivity index (χ4v) is 3.34. The van der Waals surface area contributed by atoms with Crippen LogP contribution in [0.1, 0.15) is 25.6 Å². The van der Waals surface area contributed by atoms with Crippen LogP contribution in [0.4, 0.5) is 5.69 Å². The Labute approximate surface area is 151 Å². The Balaban J connectivity index is 1.49. The third-order valence-corrected chi connectivity index (χ3v) is 4.85. The molecule has 0 amide bonds. The van der Waals surface area contributed by atoms with Gasteiger partial charge in [0.15, 0.2) is 0 Å². The van der Waals surface area contributed by atoms with Crippen LogP contribution in [0, 0.1) is 0 Å². The van der Waals surface area contributed by atoms with E-state index in [0.717, 1.165) is 49.6 Å². The van der Waals surface area contributed by atoms with Crippen molar-refractivity contribution >= 4 is 16.6 Å². The molecule has 3 heterocycles. The van der Waals surface area contributed by atoms with Crippen LogP contribution in [-0.4, -0.2) is 50.9 Å². The summed E-state index contributed by atoms with van der Waals surface area (Å²) >= 11 is 0. The van der Waals surface area contributed by atoms with Gasteiger partial charge in [0.1, 0.15) is 5.69 Å². The van der Waals surface area contributed by atoms with Gasteiger partial charge < -0.3 is 4.90 Å². The number of benzene rings is 1. The average molecular weight is 354 g/mol. The summed E-state index contributed by atoms with van der Waals surface area (Å²) < 4.78 is 6.32. The fraction of sp³-hybridized carbons (Fsp3) is 0.444. The quantitative estimate of drug-likeness (QED) is 0.705. The predicted octanol–water partition coefficient (Wildman–Crippen LogP) is 1.68. The van der Waals surface area contributed by atoms with E-state index in [1.807, 2.05) is 32.0 Å². The Kier molecular flexibility index (Phi) is 4.42. The highest BCUT2D eigenvalue weighted by Crippen LogP contribution is 2.21. The molecule has 2 aromatic heterocycles. The summed E-state index contributed by atoms with van der Waals surface area (Å²) in [5.41, 5.74) is 2.73. The van der Waals surface area contributed by atoms with Gasteiger partial charge in [-0.25, -0.2) is 9.61 Å². The molecular weight excluding hydrogens is 332 g/mol.